The highest BCUT2D eigenvalue weighted by molar-refractivity contribution is 7.88. The summed E-state index contributed by atoms with van der Waals surface area (Å²) in [6.45, 7) is 3.04. The first kappa shape index (κ1) is 21.1. The quantitative estimate of drug-likeness (QED) is 0.796. The third kappa shape index (κ3) is 4.04. The molecule has 154 valence electrons. The zero-order valence-electron chi connectivity index (χ0n) is 16.4. The van der Waals surface area contributed by atoms with Crippen molar-refractivity contribution in [1.29, 1.82) is 0 Å². The van der Waals surface area contributed by atoms with Crippen molar-refractivity contribution in [2.75, 3.05) is 24.2 Å². The fourth-order valence-electron chi connectivity index (χ4n) is 3.94. The summed E-state index contributed by atoms with van der Waals surface area (Å²) in [5, 5.41) is 3.50. The van der Waals surface area contributed by atoms with E-state index < -0.39 is 21.5 Å². The van der Waals surface area contributed by atoms with Gasteiger partial charge in [0, 0.05) is 23.3 Å². The van der Waals surface area contributed by atoms with Gasteiger partial charge in [-0.15, -0.1) is 0 Å². The number of aryl methyl sites for hydroxylation is 1. The molecular weight excluding hydrogens is 402 g/mol. The van der Waals surface area contributed by atoms with Crippen molar-refractivity contribution in [3.05, 3.63) is 28.8 Å². The van der Waals surface area contributed by atoms with Crippen LogP contribution in [0.4, 0.5) is 5.69 Å². The summed E-state index contributed by atoms with van der Waals surface area (Å²) < 4.78 is 25.3. The molecule has 1 saturated carbocycles. The molecule has 1 saturated heterocycles. The topological polar surface area (TPSA) is 86.8 Å². The van der Waals surface area contributed by atoms with Gasteiger partial charge in [0.15, 0.2) is 0 Å². The van der Waals surface area contributed by atoms with Gasteiger partial charge in [0.05, 0.1) is 12.8 Å². The summed E-state index contributed by atoms with van der Waals surface area (Å²) in [7, 11) is -3.63. The third-order valence-corrected chi connectivity index (χ3v) is 7.20. The van der Waals surface area contributed by atoms with Crippen LogP contribution in [0.25, 0.3) is 0 Å². The van der Waals surface area contributed by atoms with Gasteiger partial charge in [-0.3, -0.25) is 14.5 Å². The summed E-state index contributed by atoms with van der Waals surface area (Å²) in [5.41, 5.74) is -0.0397. The highest BCUT2D eigenvalue weighted by Gasteiger charge is 2.50. The number of benzene rings is 1. The van der Waals surface area contributed by atoms with E-state index in [1.165, 1.54) is 4.90 Å². The minimum Gasteiger partial charge on any atom is -0.351 e. The summed E-state index contributed by atoms with van der Waals surface area (Å²) in [6.07, 6.45) is 4.93. The number of hydrogen-bond acceptors (Lipinski definition) is 4. The molecule has 7 nitrogen and oxygen atoms in total. The van der Waals surface area contributed by atoms with Gasteiger partial charge in [0.25, 0.3) is 0 Å². The summed E-state index contributed by atoms with van der Waals surface area (Å²) in [6, 6.07) is 5.21. The predicted molar refractivity (Wildman–Crippen MR) is 109 cm³/mol. The van der Waals surface area contributed by atoms with E-state index in [1.54, 1.807) is 25.1 Å². The minimum absolute atomic E-state index is 0.0523. The molecule has 1 aliphatic heterocycles. The lowest BCUT2D eigenvalue weighted by atomic mass is 9.93. The molecule has 1 N–H and O–H groups in total. The number of amides is 2. The summed E-state index contributed by atoms with van der Waals surface area (Å²) in [5.74, 6) is -0.807. The van der Waals surface area contributed by atoms with Gasteiger partial charge >= 0.3 is 0 Å². The molecule has 1 aromatic carbocycles. The molecule has 1 aromatic rings. The monoisotopic (exact) mass is 427 g/mol. The SMILES string of the molecule is Cc1ccc(N2C(=O)CN(S(C)(=O)=O)C[C@]2(C)C(=O)NC2CCCC2)cc1Cl. The Bertz CT molecular complexity index is 898. The number of piperazine rings is 1. The minimum atomic E-state index is -3.63. The Kier molecular flexibility index (Phi) is 5.76. The van der Waals surface area contributed by atoms with E-state index in [4.69, 9.17) is 11.6 Å². The Morgan fingerprint density at radius 1 is 1.29 bits per heavy atom. The zero-order chi connectivity index (χ0) is 20.7. The van der Waals surface area contributed by atoms with E-state index >= 15 is 0 Å². The van der Waals surface area contributed by atoms with Crippen molar-refractivity contribution in [1.82, 2.24) is 9.62 Å². The van der Waals surface area contributed by atoms with E-state index in [9.17, 15) is 18.0 Å². The number of carbonyl (C=O) groups excluding carboxylic acids is 2. The average Bonchev–Trinajstić information content (AvgIpc) is 3.09. The van der Waals surface area contributed by atoms with Crippen molar-refractivity contribution < 1.29 is 18.0 Å². The Labute approximate surface area is 171 Å². The molecule has 0 bridgehead atoms. The first-order valence-electron chi connectivity index (χ1n) is 9.37. The lowest BCUT2D eigenvalue weighted by molar-refractivity contribution is -0.133. The average molecular weight is 428 g/mol. The van der Waals surface area contributed by atoms with E-state index in [0.29, 0.717) is 10.7 Å². The van der Waals surface area contributed by atoms with Crippen LogP contribution < -0.4 is 10.2 Å². The van der Waals surface area contributed by atoms with Crippen LogP contribution in [0, 0.1) is 6.92 Å². The number of nitrogens with one attached hydrogen (secondary N) is 1. The first-order chi connectivity index (χ1) is 13.0. The van der Waals surface area contributed by atoms with Crippen LogP contribution in [0.5, 0.6) is 0 Å². The summed E-state index contributed by atoms with van der Waals surface area (Å²) >= 11 is 6.25. The number of hydrogen-bond donors (Lipinski definition) is 1. The molecule has 3 rings (SSSR count). The van der Waals surface area contributed by atoms with Gasteiger partial charge in [-0.25, -0.2) is 8.42 Å². The second kappa shape index (κ2) is 7.65. The highest BCUT2D eigenvalue weighted by atomic mass is 35.5. The van der Waals surface area contributed by atoms with Gasteiger partial charge < -0.3 is 5.32 Å². The number of sulfonamides is 1. The highest BCUT2D eigenvalue weighted by Crippen LogP contribution is 2.33. The van der Waals surface area contributed by atoms with Crippen LogP contribution in [0.15, 0.2) is 18.2 Å². The van der Waals surface area contributed by atoms with E-state index in [0.717, 1.165) is 41.8 Å². The second-order valence-electron chi connectivity index (χ2n) is 7.92. The molecule has 2 aliphatic rings. The molecule has 1 atom stereocenters. The fourth-order valence-corrected chi connectivity index (χ4v) is 4.94. The van der Waals surface area contributed by atoms with E-state index in [-0.39, 0.29) is 25.0 Å². The van der Waals surface area contributed by atoms with Crippen LogP contribution in [0.3, 0.4) is 0 Å². The van der Waals surface area contributed by atoms with Crippen molar-refractivity contribution in [2.24, 2.45) is 0 Å². The standard InChI is InChI=1S/C19H26ClN3O4S/c1-13-8-9-15(10-16(13)20)23-17(24)11-22(28(3,26)27)12-19(23,2)18(25)21-14-6-4-5-7-14/h8-10,14H,4-7,11-12H2,1-3H3,(H,21,25)/t19-/m1/s1. The van der Waals surface area contributed by atoms with Crippen LogP contribution >= 0.6 is 11.6 Å². The molecule has 0 radical (unpaired) electrons. The molecule has 1 aliphatic carbocycles. The number of rotatable bonds is 4. The van der Waals surface area contributed by atoms with Crippen LogP contribution in [-0.4, -0.2) is 55.5 Å². The lowest BCUT2D eigenvalue weighted by Gasteiger charge is -2.46. The second-order valence-corrected chi connectivity index (χ2v) is 10.3. The lowest BCUT2D eigenvalue weighted by Crippen LogP contribution is -2.70. The largest absolute Gasteiger partial charge is 0.351 e. The fraction of sp³-hybridized carbons (Fsp3) is 0.579. The normalized spacial score (nSPS) is 24.6. The van der Waals surface area contributed by atoms with Crippen molar-refractivity contribution in [3.63, 3.8) is 0 Å². The van der Waals surface area contributed by atoms with E-state index in [2.05, 4.69) is 5.32 Å². The number of halogens is 1. The van der Waals surface area contributed by atoms with Gasteiger partial charge in [-0.2, -0.15) is 4.31 Å². The molecule has 1 heterocycles. The van der Waals surface area contributed by atoms with Crippen molar-refractivity contribution >= 4 is 39.1 Å². The molecule has 0 aromatic heterocycles. The van der Waals surface area contributed by atoms with Gasteiger partial charge in [-0.1, -0.05) is 30.5 Å². The maximum atomic E-state index is 13.3. The van der Waals surface area contributed by atoms with Crippen molar-refractivity contribution in [2.45, 2.75) is 51.1 Å². The first-order valence-corrected chi connectivity index (χ1v) is 11.6. The van der Waals surface area contributed by atoms with Gasteiger partial charge in [0.1, 0.15) is 5.54 Å². The molecule has 9 heteroatoms. The number of anilines is 1. The van der Waals surface area contributed by atoms with Crippen LogP contribution in [0.2, 0.25) is 5.02 Å². The maximum Gasteiger partial charge on any atom is 0.247 e. The Morgan fingerprint density at radius 3 is 2.50 bits per heavy atom. The molecule has 0 unspecified atom stereocenters. The summed E-state index contributed by atoms with van der Waals surface area (Å²) in [4.78, 5) is 27.7. The Balaban J connectivity index is 2.02. The molecule has 2 fully saturated rings. The zero-order valence-corrected chi connectivity index (χ0v) is 17.9. The third-order valence-electron chi connectivity index (χ3n) is 5.60. The number of carbonyl (C=O) groups is 2. The molecule has 2 amide bonds. The Morgan fingerprint density at radius 2 is 1.93 bits per heavy atom. The van der Waals surface area contributed by atoms with Crippen molar-refractivity contribution in [3.8, 4) is 0 Å². The predicted octanol–water partition coefficient (Wildman–Crippen LogP) is 2.07. The van der Waals surface area contributed by atoms with Crippen LogP contribution in [-0.2, 0) is 19.6 Å². The molecule has 0 spiro atoms. The van der Waals surface area contributed by atoms with E-state index in [1.807, 2.05) is 6.92 Å². The smallest absolute Gasteiger partial charge is 0.247 e. The molecular formula is C19H26ClN3O4S. The number of nitrogens with zero attached hydrogens (tertiary/aromatic N) is 2. The van der Waals surface area contributed by atoms with Gasteiger partial charge in [0.2, 0.25) is 21.8 Å². The molecule has 28 heavy (non-hydrogen) atoms. The maximum absolute atomic E-state index is 13.3. The van der Waals surface area contributed by atoms with Gasteiger partial charge in [-0.05, 0) is 44.4 Å². The van der Waals surface area contributed by atoms with Crippen LogP contribution in [0.1, 0.15) is 38.2 Å². The Hall–Kier alpha value is -1.64.